The third kappa shape index (κ3) is 3.76. The summed E-state index contributed by atoms with van der Waals surface area (Å²) in [6.45, 7) is 1.70. The Morgan fingerprint density at radius 1 is 1.22 bits per heavy atom. The van der Waals surface area contributed by atoms with Crippen LogP contribution in [0.2, 0.25) is 10.0 Å². The van der Waals surface area contributed by atoms with Crippen molar-refractivity contribution in [1.29, 1.82) is 0 Å². The fourth-order valence-electron chi connectivity index (χ4n) is 2.54. The largest absolute Gasteiger partial charge is 0.451 e. The third-order valence-electron chi connectivity index (χ3n) is 3.68. The van der Waals surface area contributed by atoms with Crippen LogP contribution >= 0.6 is 23.2 Å². The molecule has 1 aliphatic rings. The first-order chi connectivity index (χ1) is 10.8. The first kappa shape index (κ1) is 16.5. The number of benzene rings is 1. The minimum absolute atomic E-state index is 0.451. The molecule has 0 amide bonds. The Labute approximate surface area is 141 Å². The van der Waals surface area contributed by atoms with Gasteiger partial charge in [-0.15, -0.1) is 0 Å². The molecule has 0 saturated heterocycles. The molecule has 1 aromatic carbocycles. The average Bonchev–Trinajstić information content (AvgIpc) is 2.48. The number of fused-ring (bicyclic) bond motifs is 1. The number of halogens is 5. The molecule has 0 fully saturated rings. The first-order valence-corrected chi connectivity index (χ1v) is 7.67. The third-order valence-corrected chi connectivity index (χ3v) is 4.26. The highest BCUT2D eigenvalue weighted by molar-refractivity contribution is 6.35. The molecule has 23 heavy (non-hydrogen) atoms. The fraction of sp³-hybridized carbons (Fsp3) is 0.333. The molecule has 0 aliphatic carbocycles. The summed E-state index contributed by atoms with van der Waals surface area (Å²) >= 11 is 12.0. The average molecular weight is 362 g/mol. The van der Waals surface area contributed by atoms with E-state index in [1.165, 1.54) is 6.20 Å². The van der Waals surface area contributed by atoms with Crippen LogP contribution in [0.3, 0.4) is 0 Å². The van der Waals surface area contributed by atoms with Gasteiger partial charge in [0.15, 0.2) is 0 Å². The van der Waals surface area contributed by atoms with Crippen molar-refractivity contribution < 1.29 is 13.2 Å². The normalized spacial score (nSPS) is 15.5. The van der Waals surface area contributed by atoms with E-state index in [2.05, 4.69) is 14.9 Å². The van der Waals surface area contributed by atoms with Gasteiger partial charge in [-0.1, -0.05) is 29.3 Å². The summed E-state index contributed by atoms with van der Waals surface area (Å²) in [5.41, 5.74) is 2.10. The molecule has 0 N–H and O–H groups in total. The van der Waals surface area contributed by atoms with Gasteiger partial charge in [-0.05, 0) is 17.7 Å². The van der Waals surface area contributed by atoms with E-state index in [1.54, 1.807) is 12.1 Å². The predicted octanol–water partition coefficient (Wildman–Crippen LogP) is 4.36. The zero-order chi connectivity index (χ0) is 16.6. The summed E-state index contributed by atoms with van der Waals surface area (Å²) in [5, 5.41) is 1.14. The minimum atomic E-state index is -4.51. The van der Waals surface area contributed by atoms with Crippen LogP contribution in [0, 0.1) is 0 Å². The van der Waals surface area contributed by atoms with Crippen molar-refractivity contribution >= 4 is 23.2 Å². The number of rotatable bonds is 2. The van der Waals surface area contributed by atoms with E-state index >= 15 is 0 Å². The van der Waals surface area contributed by atoms with E-state index in [1.807, 2.05) is 6.07 Å². The second-order valence-corrected chi connectivity index (χ2v) is 6.20. The lowest BCUT2D eigenvalue weighted by Gasteiger charge is -2.28. The molecule has 122 valence electrons. The molecule has 0 spiro atoms. The Bertz CT molecular complexity index is 734. The lowest BCUT2D eigenvalue weighted by molar-refractivity contribution is -0.145. The van der Waals surface area contributed by atoms with Gasteiger partial charge in [0.1, 0.15) is 0 Å². The molecule has 1 aromatic heterocycles. The molecular formula is C15H12Cl2F3N3. The van der Waals surface area contributed by atoms with Crippen molar-refractivity contribution in [2.45, 2.75) is 25.7 Å². The zero-order valence-electron chi connectivity index (χ0n) is 11.9. The van der Waals surface area contributed by atoms with Crippen molar-refractivity contribution in [3.8, 4) is 0 Å². The summed E-state index contributed by atoms with van der Waals surface area (Å²) in [5.74, 6) is -1.08. The van der Waals surface area contributed by atoms with Crippen LogP contribution in [0.1, 0.15) is 22.6 Å². The molecular weight excluding hydrogens is 350 g/mol. The molecule has 0 radical (unpaired) electrons. The van der Waals surface area contributed by atoms with Gasteiger partial charge in [-0.25, -0.2) is 9.97 Å². The van der Waals surface area contributed by atoms with Gasteiger partial charge in [0, 0.05) is 47.9 Å². The fourth-order valence-corrected chi connectivity index (χ4v) is 3.01. The van der Waals surface area contributed by atoms with Gasteiger partial charge in [0.2, 0.25) is 5.82 Å². The molecule has 2 heterocycles. The Balaban J connectivity index is 1.75. The molecule has 3 rings (SSSR count). The van der Waals surface area contributed by atoms with Gasteiger partial charge in [-0.3, -0.25) is 4.90 Å². The van der Waals surface area contributed by atoms with Crippen LogP contribution in [0.5, 0.6) is 0 Å². The molecule has 1 aliphatic heterocycles. The maximum atomic E-state index is 12.6. The predicted molar refractivity (Wildman–Crippen MR) is 81.3 cm³/mol. The van der Waals surface area contributed by atoms with Crippen LogP contribution in [0.15, 0.2) is 24.4 Å². The Morgan fingerprint density at radius 3 is 2.70 bits per heavy atom. The smallest absolute Gasteiger partial charge is 0.294 e. The van der Waals surface area contributed by atoms with E-state index in [0.717, 1.165) is 5.56 Å². The van der Waals surface area contributed by atoms with Crippen molar-refractivity contribution in [3.05, 3.63) is 57.1 Å². The van der Waals surface area contributed by atoms with E-state index in [4.69, 9.17) is 23.2 Å². The molecule has 8 heteroatoms. The second-order valence-electron chi connectivity index (χ2n) is 5.36. The van der Waals surface area contributed by atoms with Crippen molar-refractivity contribution in [2.24, 2.45) is 0 Å². The number of aromatic nitrogens is 2. The van der Waals surface area contributed by atoms with Crippen LogP contribution in [0.4, 0.5) is 13.2 Å². The zero-order valence-corrected chi connectivity index (χ0v) is 13.4. The number of hydrogen-bond donors (Lipinski definition) is 0. The first-order valence-electron chi connectivity index (χ1n) is 6.91. The topological polar surface area (TPSA) is 29.0 Å². The van der Waals surface area contributed by atoms with E-state index in [0.29, 0.717) is 47.4 Å². The summed E-state index contributed by atoms with van der Waals surface area (Å²) < 4.78 is 37.9. The molecule has 0 atom stereocenters. The van der Waals surface area contributed by atoms with Gasteiger partial charge in [0.05, 0.1) is 5.69 Å². The maximum absolute atomic E-state index is 12.6. The summed E-state index contributed by atoms with van der Waals surface area (Å²) in [6, 6.07) is 5.29. The Morgan fingerprint density at radius 2 is 2.00 bits per heavy atom. The second kappa shape index (κ2) is 6.26. The van der Waals surface area contributed by atoms with Crippen molar-refractivity contribution in [3.63, 3.8) is 0 Å². The lowest BCUT2D eigenvalue weighted by atomic mass is 10.1. The van der Waals surface area contributed by atoms with Crippen LogP contribution in [-0.4, -0.2) is 21.4 Å². The van der Waals surface area contributed by atoms with Gasteiger partial charge >= 0.3 is 6.18 Å². The SMILES string of the molecule is FC(F)(F)c1ncc2c(n1)CCN(Cc1ccc(Cl)cc1Cl)C2. The highest BCUT2D eigenvalue weighted by Gasteiger charge is 2.35. The van der Waals surface area contributed by atoms with Crippen molar-refractivity contribution in [1.82, 2.24) is 14.9 Å². The highest BCUT2D eigenvalue weighted by atomic mass is 35.5. The number of hydrogen-bond acceptors (Lipinski definition) is 3. The molecule has 0 saturated carbocycles. The van der Waals surface area contributed by atoms with Crippen LogP contribution in [0.25, 0.3) is 0 Å². The van der Waals surface area contributed by atoms with Crippen LogP contribution in [-0.2, 0) is 25.7 Å². The van der Waals surface area contributed by atoms with Crippen LogP contribution < -0.4 is 0 Å². The quantitative estimate of drug-likeness (QED) is 0.795. The minimum Gasteiger partial charge on any atom is -0.294 e. The summed E-state index contributed by atoms with van der Waals surface area (Å²) in [4.78, 5) is 9.17. The standard InChI is InChI=1S/C15H12Cl2F3N3/c16-11-2-1-9(12(17)5-11)7-23-4-3-13-10(8-23)6-21-14(22-13)15(18,19)20/h1-2,5-6H,3-4,7-8H2. The maximum Gasteiger partial charge on any atom is 0.451 e. The number of nitrogens with zero attached hydrogens (tertiary/aromatic N) is 3. The summed E-state index contributed by atoms with van der Waals surface area (Å²) in [6.07, 6.45) is -2.80. The van der Waals surface area contributed by atoms with E-state index in [9.17, 15) is 13.2 Å². The lowest BCUT2D eigenvalue weighted by Crippen LogP contribution is -2.31. The van der Waals surface area contributed by atoms with E-state index in [-0.39, 0.29) is 0 Å². The monoisotopic (exact) mass is 361 g/mol. The van der Waals surface area contributed by atoms with Gasteiger partial charge < -0.3 is 0 Å². The van der Waals surface area contributed by atoms with Gasteiger partial charge in [0.25, 0.3) is 0 Å². The highest BCUT2D eigenvalue weighted by Crippen LogP contribution is 2.28. The Hall–Kier alpha value is -1.37. The molecule has 0 unspecified atom stereocenters. The number of alkyl halides is 3. The summed E-state index contributed by atoms with van der Waals surface area (Å²) in [7, 11) is 0. The molecule has 2 aromatic rings. The molecule has 0 bridgehead atoms. The molecule has 3 nitrogen and oxygen atoms in total. The Kier molecular flexibility index (Phi) is 4.49. The van der Waals surface area contributed by atoms with E-state index < -0.39 is 12.0 Å². The van der Waals surface area contributed by atoms with Gasteiger partial charge in [-0.2, -0.15) is 13.2 Å². The van der Waals surface area contributed by atoms with Crippen molar-refractivity contribution in [2.75, 3.05) is 6.54 Å².